The highest BCUT2D eigenvalue weighted by atomic mass is 31.1. The Labute approximate surface area is 121 Å². The van der Waals surface area contributed by atoms with Crippen molar-refractivity contribution < 1.29 is 0 Å². The molecule has 0 saturated carbocycles. The summed E-state index contributed by atoms with van der Waals surface area (Å²) >= 11 is 0. The fourth-order valence-electron chi connectivity index (χ4n) is 2.57. The summed E-state index contributed by atoms with van der Waals surface area (Å²) in [6.07, 6.45) is 1.08. The van der Waals surface area contributed by atoms with Crippen molar-refractivity contribution in [2.75, 3.05) is 0 Å². The lowest BCUT2D eigenvalue weighted by atomic mass is 9.74. The van der Waals surface area contributed by atoms with Gasteiger partial charge in [-0.25, -0.2) is 0 Å². The second-order valence-electron chi connectivity index (χ2n) is 5.29. The molecule has 0 N–H and O–H groups in total. The zero-order valence-corrected chi connectivity index (χ0v) is 13.9. The van der Waals surface area contributed by atoms with E-state index < -0.39 is 0 Å². The summed E-state index contributed by atoms with van der Waals surface area (Å²) in [4.78, 5) is -0.0651. The van der Waals surface area contributed by atoms with Crippen LogP contribution in [0.4, 0.5) is 0 Å². The largest absolute Gasteiger partial charge is 0.121 e. The third kappa shape index (κ3) is 2.62. The molecule has 0 bridgehead atoms. The van der Waals surface area contributed by atoms with Crippen LogP contribution >= 0.6 is 18.5 Å². The lowest BCUT2D eigenvalue weighted by Crippen LogP contribution is -2.37. The molecule has 0 amide bonds. The molecule has 3 atom stereocenters. The van der Waals surface area contributed by atoms with Gasteiger partial charge in [-0.1, -0.05) is 74.5 Å². The average Bonchev–Trinajstić information content (AvgIpc) is 2.48. The zero-order valence-electron chi connectivity index (χ0n) is 11.6. The second-order valence-corrected chi connectivity index (χ2v) is 7.77. The molecule has 2 heteroatoms. The first kappa shape index (κ1) is 14.7. The van der Waals surface area contributed by atoms with Crippen LogP contribution in [0.1, 0.15) is 31.4 Å². The molecule has 2 aromatic rings. The molecular formula is C17H22P2. The van der Waals surface area contributed by atoms with Crippen molar-refractivity contribution in [2.45, 2.75) is 30.6 Å². The summed E-state index contributed by atoms with van der Waals surface area (Å²) in [6, 6.07) is 21.5. The molecule has 0 fully saturated rings. The Balaban J connectivity index is 2.52. The maximum atomic E-state index is 3.06. The monoisotopic (exact) mass is 288 g/mol. The van der Waals surface area contributed by atoms with Crippen LogP contribution in [0.3, 0.4) is 0 Å². The Hall–Kier alpha value is -0.700. The molecule has 0 nitrogen and oxygen atoms in total. The molecular weight excluding hydrogens is 266 g/mol. The Bertz CT molecular complexity index is 519. The highest BCUT2D eigenvalue weighted by Gasteiger charge is 2.42. The standard InChI is InChI=1S/C17H22P2/c1-3-16(2,14-10-6-4-7-11-14)17(18,19)15-12-8-5-9-13-15/h4-13H,3,18-19H2,1-2H3. The molecule has 0 aliphatic heterocycles. The van der Waals surface area contributed by atoms with Gasteiger partial charge in [0.1, 0.15) is 0 Å². The molecule has 0 aliphatic rings. The predicted octanol–water partition coefficient (Wildman–Crippen LogP) is 4.96. The number of hydrogen-bond acceptors (Lipinski definition) is 0. The minimum absolute atomic E-state index is 0.0605. The molecule has 0 radical (unpaired) electrons. The molecule has 0 saturated heterocycles. The minimum Gasteiger partial charge on any atom is -0.121 e. The SMILES string of the molecule is CCC(C)(c1ccccc1)C(P)(P)c1ccccc1. The van der Waals surface area contributed by atoms with Crippen molar-refractivity contribution in [3.05, 3.63) is 71.8 Å². The van der Waals surface area contributed by atoms with Crippen LogP contribution in [0.2, 0.25) is 0 Å². The molecule has 0 spiro atoms. The van der Waals surface area contributed by atoms with Crippen LogP contribution < -0.4 is 0 Å². The Morgan fingerprint density at radius 1 is 0.789 bits per heavy atom. The lowest BCUT2D eigenvalue weighted by Gasteiger charge is -2.44. The summed E-state index contributed by atoms with van der Waals surface area (Å²) in [5.74, 6) is 0. The molecule has 0 aromatic heterocycles. The van der Waals surface area contributed by atoms with Gasteiger partial charge in [-0.3, -0.25) is 0 Å². The molecule has 100 valence electrons. The smallest absolute Gasteiger partial charge is 0.0330 e. The van der Waals surface area contributed by atoms with E-state index in [4.69, 9.17) is 0 Å². The lowest BCUT2D eigenvalue weighted by molar-refractivity contribution is 0.414. The molecule has 2 rings (SSSR count). The van der Waals surface area contributed by atoms with E-state index in [1.807, 2.05) is 0 Å². The maximum Gasteiger partial charge on any atom is 0.0330 e. The van der Waals surface area contributed by atoms with E-state index in [1.165, 1.54) is 11.1 Å². The van der Waals surface area contributed by atoms with E-state index in [0.717, 1.165) is 6.42 Å². The summed E-state index contributed by atoms with van der Waals surface area (Å²) in [6.45, 7) is 4.61. The van der Waals surface area contributed by atoms with Gasteiger partial charge in [0, 0.05) is 10.3 Å². The van der Waals surface area contributed by atoms with Gasteiger partial charge in [-0.2, -0.15) is 0 Å². The van der Waals surface area contributed by atoms with E-state index in [1.54, 1.807) is 0 Å². The minimum atomic E-state index is -0.0651. The van der Waals surface area contributed by atoms with Crippen molar-refractivity contribution in [1.29, 1.82) is 0 Å². The van der Waals surface area contributed by atoms with Gasteiger partial charge in [-0.05, 0) is 17.5 Å². The Kier molecular flexibility index (Phi) is 4.44. The van der Waals surface area contributed by atoms with Crippen LogP contribution in [0.5, 0.6) is 0 Å². The Morgan fingerprint density at radius 2 is 1.21 bits per heavy atom. The fraction of sp³-hybridized carbons (Fsp3) is 0.294. The van der Waals surface area contributed by atoms with Crippen molar-refractivity contribution in [2.24, 2.45) is 0 Å². The first-order valence-electron chi connectivity index (χ1n) is 6.71. The van der Waals surface area contributed by atoms with Gasteiger partial charge in [0.15, 0.2) is 0 Å². The van der Waals surface area contributed by atoms with Crippen molar-refractivity contribution in [3.63, 3.8) is 0 Å². The van der Waals surface area contributed by atoms with Crippen molar-refractivity contribution in [1.82, 2.24) is 0 Å². The van der Waals surface area contributed by atoms with Gasteiger partial charge < -0.3 is 0 Å². The average molecular weight is 288 g/mol. The first-order chi connectivity index (χ1) is 9.02. The number of hydrogen-bond donors (Lipinski definition) is 0. The van der Waals surface area contributed by atoms with E-state index in [0.29, 0.717) is 0 Å². The maximum absolute atomic E-state index is 3.06. The van der Waals surface area contributed by atoms with Crippen molar-refractivity contribution in [3.8, 4) is 0 Å². The summed E-state index contributed by atoms with van der Waals surface area (Å²) in [5, 5.41) is 0. The third-order valence-electron chi connectivity index (χ3n) is 4.28. The van der Waals surface area contributed by atoms with E-state index in [2.05, 4.69) is 93.0 Å². The predicted molar refractivity (Wildman–Crippen MR) is 91.6 cm³/mol. The molecule has 2 aromatic carbocycles. The highest BCUT2D eigenvalue weighted by Crippen LogP contribution is 2.55. The molecule has 0 heterocycles. The topological polar surface area (TPSA) is 0 Å². The Morgan fingerprint density at radius 3 is 1.63 bits per heavy atom. The summed E-state index contributed by atoms with van der Waals surface area (Å²) in [7, 11) is 6.11. The van der Waals surface area contributed by atoms with E-state index >= 15 is 0 Å². The third-order valence-corrected chi connectivity index (χ3v) is 6.22. The van der Waals surface area contributed by atoms with Crippen LogP contribution in [0.25, 0.3) is 0 Å². The fourth-order valence-corrected chi connectivity index (χ4v) is 3.70. The summed E-state index contributed by atoms with van der Waals surface area (Å²) < 4.78 is 0. The van der Waals surface area contributed by atoms with Crippen LogP contribution in [-0.4, -0.2) is 0 Å². The molecule has 19 heavy (non-hydrogen) atoms. The zero-order chi connectivity index (χ0) is 13.9. The second kappa shape index (κ2) is 5.74. The molecule has 0 aliphatic carbocycles. The van der Waals surface area contributed by atoms with Crippen LogP contribution in [-0.2, 0) is 10.3 Å². The first-order valence-corrected chi connectivity index (χ1v) is 7.86. The van der Waals surface area contributed by atoms with Gasteiger partial charge in [0.2, 0.25) is 0 Å². The number of benzene rings is 2. The van der Waals surface area contributed by atoms with Gasteiger partial charge in [0.05, 0.1) is 0 Å². The normalized spacial score (nSPS) is 14.9. The molecule has 3 unspecified atom stereocenters. The van der Waals surface area contributed by atoms with Crippen LogP contribution in [0.15, 0.2) is 60.7 Å². The van der Waals surface area contributed by atoms with Crippen molar-refractivity contribution >= 4 is 18.5 Å². The van der Waals surface area contributed by atoms with E-state index in [-0.39, 0.29) is 10.3 Å². The van der Waals surface area contributed by atoms with Gasteiger partial charge in [-0.15, -0.1) is 18.5 Å². The quantitative estimate of drug-likeness (QED) is 0.698. The number of rotatable bonds is 4. The van der Waals surface area contributed by atoms with E-state index in [9.17, 15) is 0 Å². The van der Waals surface area contributed by atoms with Gasteiger partial charge in [0.25, 0.3) is 0 Å². The summed E-state index contributed by atoms with van der Waals surface area (Å²) in [5.41, 5.74) is 2.77. The van der Waals surface area contributed by atoms with Gasteiger partial charge >= 0.3 is 0 Å². The highest BCUT2D eigenvalue weighted by molar-refractivity contribution is 7.39. The van der Waals surface area contributed by atoms with Crippen LogP contribution in [0, 0.1) is 0 Å².